The summed E-state index contributed by atoms with van der Waals surface area (Å²) in [5, 5.41) is 13.4. The molecule has 0 saturated carbocycles. The Balaban J connectivity index is 2.45. The van der Waals surface area contributed by atoms with Crippen molar-refractivity contribution in [1.29, 1.82) is 0 Å². The fourth-order valence-electron chi connectivity index (χ4n) is 1.63. The lowest BCUT2D eigenvalue weighted by Crippen LogP contribution is -2.38. The van der Waals surface area contributed by atoms with Gasteiger partial charge in [0.2, 0.25) is 0 Å². The van der Waals surface area contributed by atoms with Gasteiger partial charge >= 0.3 is 18.2 Å². The maximum atomic E-state index is 12.0. The van der Waals surface area contributed by atoms with Crippen molar-refractivity contribution < 1.29 is 32.6 Å². The minimum atomic E-state index is -4.40. The molecule has 0 saturated heterocycles. The number of hydrogen-bond acceptors (Lipinski definition) is 3. The number of amides is 2. The zero-order valence-corrected chi connectivity index (χ0v) is 12.3. The first kappa shape index (κ1) is 18.6. The molecule has 1 unspecified atom stereocenters. The van der Waals surface area contributed by atoms with Crippen LogP contribution in [0.25, 0.3) is 0 Å². The third-order valence-corrected chi connectivity index (χ3v) is 2.75. The SMILES string of the molecule is CC(NC(=O)NCCC(=O)O)c1ccc(OCC(F)(F)F)cc1. The first-order chi connectivity index (χ1) is 10.7. The number of carboxylic acid groups (broad SMARTS) is 1. The highest BCUT2D eigenvalue weighted by atomic mass is 19.4. The van der Waals surface area contributed by atoms with Crippen LogP contribution in [0.3, 0.4) is 0 Å². The number of halogens is 3. The minimum absolute atomic E-state index is 0.00188. The van der Waals surface area contributed by atoms with E-state index in [-0.39, 0.29) is 18.7 Å². The summed E-state index contributed by atoms with van der Waals surface area (Å²) in [6.07, 6.45) is -4.59. The zero-order chi connectivity index (χ0) is 17.5. The second-order valence-electron chi connectivity index (χ2n) is 4.74. The predicted molar refractivity (Wildman–Crippen MR) is 75.2 cm³/mol. The van der Waals surface area contributed by atoms with Crippen molar-refractivity contribution in [1.82, 2.24) is 10.6 Å². The van der Waals surface area contributed by atoms with Crippen LogP contribution in [-0.4, -0.2) is 36.4 Å². The van der Waals surface area contributed by atoms with Gasteiger partial charge in [0.15, 0.2) is 6.61 Å². The predicted octanol–water partition coefficient (Wildman–Crippen LogP) is 2.46. The smallest absolute Gasteiger partial charge is 0.422 e. The lowest BCUT2D eigenvalue weighted by Gasteiger charge is -2.15. The van der Waals surface area contributed by atoms with Crippen LogP contribution >= 0.6 is 0 Å². The monoisotopic (exact) mass is 334 g/mol. The molecule has 0 aliphatic heterocycles. The average molecular weight is 334 g/mol. The number of rotatable bonds is 7. The van der Waals surface area contributed by atoms with Gasteiger partial charge in [0.1, 0.15) is 5.75 Å². The third kappa shape index (κ3) is 7.93. The maximum Gasteiger partial charge on any atom is 0.422 e. The number of hydrogen-bond donors (Lipinski definition) is 3. The van der Waals surface area contributed by atoms with E-state index in [0.29, 0.717) is 5.56 Å². The summed E-state index contributed by atoms with van der Waals surface area (Å²) >= 11 is 0. The Hall–Kier alpha value is -2.45. The lowest BCUT2D eigenvalue weighted by molar-refractivity contribution is -0.153. The molecule has 1 aromatic rings. The van der Waals surface area contributed by atoms with E-state index in [2.05, 4.69) is 15.4 Å². The van der Waals surface area contributed by atoms with E-state index in [1.807, 2.05) is 0 Å². The summed E-state index contributed by atoms with van der Waals surface area (Å²) < 4.78 is 40.7. The van der Waals surface area contributed by atoms with E-state index in [1.165, 1.54) is 24.3 Å². The van der Waals surface area contributed by atoms with Crippen LogP contribution < -0.4 is 15.4 Å². The Kier molecular flexibility index (Phi) is 6.67. The Bertz CT molecular complexity index is 532. The van der Waals surface area contributed by atoms with Gasteiger partial charge in [-0.25, -0.2) is 4.79 Å². The summed E-state index contributed by atoms with van der Waals surface area (Å²) in [4.78, 5) is 21.8. The molecule has 0 radical (unpaired) electrons. The standard InChI is InChI=1S/C14H17F3N2O4/c1-9(19-13(22)18-7-6-12(20)21)10-2-4-11(5-3-10)23-8-14(15,16)17/h2-5,9H,6-8H2,1H3,(H,20,21)(H2,18,19,22). The van der Waals surface area contributed by atoms with Crippen molar-refractivity contribution in [2.45, 2.75) is 25.6 Å². The highest BCUT2D eigenvalue weighted by Crippen LogP contribution is 2.20. The van der Waals surface area contributed by atoms with Crippen LogP contribution in [0.4, 0.5) is 18.0 Å². The summed E-state index contributed by atoms with van der Waals surface area (Å²) in [6.45, 7) is 0.312. The second-order valence-corrected chi connectivity index (χ2v) is 4.74. The van der Waals surface area contributed by atoms with E-state index in [0.717, 1.165) is 0 Å². The van der Waals surface area contributed by atoms with Gasteiger partial charge in [-0.1, -0.05) is 12.1 Å². The molecule has 1 rings (SSSR count). The molecule has 1 atom stereocenters. The fourth-order valence-corrected chi connectivity index (χ4v) is 1.63. The van der Waals surface area contributed by atoms with Gasteiger partial charge in [-0.15, -0.1) is 0 Å². The highest BCUT2D eigenvalue weighted by molar-refractivity contribution is 5.75. The van der Waals surface area contributed by atoms with Gasteiger partial charge in [0.25, 0.3) is 0 Å². The number of carbonyl (C=O) groups is 2. The number of urea groups is 1. The highest BCUT2D eigenvalue weighted by Gasteiger charge is 2.28. The largest absolute Gasteiger partial charge is 0.484 e. The van der Waals surface area contributed by atoms with Crippen LogP contribution in [0.2, 0.25) is 0 Å². The number of aliphatic carboxylic acids is 1. The van der Waals surface area contributed by atoms with Crippen LogP contribution in [0, 0.1) is 0 Å². The molecule has 6 nitrogen and oxygen atoms in total. The second kappa shape index (κ2) is 8.25. The molecule has 0 aliphatic rings. The molecular formula is C14H17F3N2O4. The normalized spacial score (nSPS) is 12.3. The van der Waals surface area contributed by atoms with Gasteiger partial charge in [0.05, 0.1) is 12.5 Å². The number of carbonyl (C=O) groups excluding carboxylic acids is 1. The van der Waals surface area contributed by atoms with Gasteiger partial charge in [-0.2, -0.15) is 13.2 Å². The summed E-state index contributed by atoms with van der Waals surface area (Å²) in [5.41, 5.74) is 0.665. The molecule has 0 heterocycles. The van der Waals surface area contributed by atoms with Crippen molar-refractivity contribution in [2.24, 2.45) is 0 Å². The molecule has 2 amide bonds. The van der Waals surface area contributed by atoms with Crippen LogP contribution in [0.1, 0.15) is 24.9 Å². The molecule has 3 N–H and O–H groups in total. The fraction of sp³-hybridized carbons (Fsp3) is 0.429. The Morgan fingerprint density at radius 2 is 1.87 bits per heavy atom. The average Bonchev–Trinajstić information content (AvgIpc) is 2.44. The molecule has 0 aliphatic carbocycles. The molecule has 1 aromatic carbocycles. The molecule has 23 heavy (non-hydrogen) atoms. The summed E-state index contributed by atoms with van der Waals surface area (Å²) in [6, 6.07) is 4.89. The van der Waals surface area contributed by atoms with E-state index < -0.39 is 30.8 Å². The Morgan fingerprint density at radius 1 is 1.26 bits per heavy atom. The van der Waals surface area contributed by atoms with Crippen LogP contribution in [0.5, 0.6) is 5.75 Å². The van der Waals surface area contributed by atoms with E-state index in [4.69, 9.17) is 5.11 Å². The van der Waals surface area contributed by atoms with Gasteiger partial charge in [0, 0.05) is 6.54 Å². The van der Waals surface area contributed by atoms with Crippen molar-refractivity contribution in [3.05, 3.63) is 29.8 Å². The molecule has 9 heteroatoms. The number of ether oxygens (including phenoxy) is 1. The lowest BCUT2D eigenvalue weighted by atomic mass is 10.1. The molecular weight excluding hydrogens is 317 g/mol. The first-order valence-corrected chi connectivity index (χ1v) is 6.73. The quantitative estimate of drug-likeness (QED) is 0.715. The molecule has 0 spiro atoms. The Morgan fingerprint density at radius 3 is 2.39 bits per heavy atom. The maximum absolute atomic E-state index is 12.0. The molecule has 128 valence electrons. The van der Waals surface area contributed by atoms with E-state index in [1.54, 1.807) is 6.92 Å². The van der Waals surface area contributed by atoms with E-state index >= 15 is 0 Å². The third-order valence-electron chi connectivity index (χ3n) is 2.75. The van der Waals surface area contributed by atoms with Gasteiger partial charge in [-0.05, 0) is 24.6 Å². The van der Waals surface area contributed by atoms with E-state index in [9.17, 15) is 22.8 Å². The van der Waals surface area contributed by atoms with Crippen molar-refractivity contribution in [2.75, 3.05) is 13.2 Å². The summed E-state index contributed by atoms with van der Waals surface area (Å²) in [5.74, 6) is -0.947. The number of nitrogens with one attached hydrogen (secondary N) is 2. The zero-order valence-electron chi connectivity index (χ0n) is 12.3. The number of alkyl halides is 3. The summed E-state index contributed by atoms with van der Waals surface area (Å²) in [7, 11) is 0. The first-order valence-electron chi connectivity index (χ1n) is 6.73. The Labute approximate surface area is 130 Å². The van der Waals surface area contributed by atoms with Crippen LogP contribution in [-0.2, 0) is 4.79 Å². The van der Waals surface area contributed by atoms with Gasteiger partial charge in [-0.3, -0.25) is 4.79 Å². The molecule has 0 aromatic heterocycles. The van der Waals surface area contributed by atoms with Crippen molar-refractivity contribution in [3.63, 3.8) is 0 Å². The molecule has 0 bridgehead atoms. The van der Waals surface area contributed by atoms with Crippen molar-refractivity contribution >= 4 is 12.0 Å². The number of benzene rings is 1. The molecule has 0 fully saturated rings. The van der Waals surface area contributed by atoms with Crippen LogP contribution in [0.15, 0.2) is 24.3 Å². The van der Waals surface area contributed by atoms with Crippen molar-refractivity contribution in [3.8, 4) is 5.75 Å². The van der Waals surface area contributed by atoms with Gasteiger partial charge < -0.3 is 20.5 Å². The number of carboxylic acids is 1. The minimum Gasteiger partial charge on any atom is -0.484 e. The topological polar surface area (TPSA) is 87.7 Å².